The predicted octanol–water partition coefficient (Wildman–Crippen LogP) is 3.40. The third kappa shape index (κ3) is 5.29. The molecule has 3 aromatic heterocycles. The standard InChI is InChI=1S/C29H30N10O3/c1-5-26(40)39-11-10-38(15-20(39)16-41-4)29-30-14-23-27(34-29)28(32-17-31-23)33-19-6-9-25(18(2)12-19)42-21-7-8-24-22(13-21)35-36-37(24)3/h5-9,12-14,17,20H,1,10-11,15-16H2,2-4H3,(H,31,32,33)/t20-/m0/s1. The van der Waals surface area contributed by atoms with Gasteiger partial charge in [-0.15, -0.1) is 5.10 Å². The Kier molecular flexibility index (Phi) is 7.32. The van der Waals surface area contributed by atoms with Crippen LogP contribution in [0.2, 0.25) is 0 Å². The summed E-state index contributed by atoms with van der Waals surface area (Å²) in [6.45, 7) is 7.61. The molecule has 1 fully saturated rings. The van der Waals surface area contributed by atoms with Crippen LogP contribution in [0.3, 0.4) is 0 Å². The van der Waals surface area contributed by atoms with Gasteiger partial charge in [0.1, 0.15) is 34.4 Å². The van der Waals surface area contributed by atoms with E-state index in [1.807, 2.05) is 55.3 Å². The maximum absolute atomic E-state index is 12.3. The van der Waals surface area contributed by atoms with E-state index in [1.54, 1.807) is 22.9 Å². The predicted molar refractivity (Wildman–Crippen MR) is 158 cm³/mol. The molecular formula is C29H30N10O3. The van der Waals surface area contributed by atoms with Gasteiger partial charge in [-0.1, -0.05) is 11.8 Å². The van der Waals surface area contributed by atoms with Crippen LogP contribution in [0.25, 0.3) is 22.1 Å². The molecule has 2 aromatic carbocycles. The van der Waals surface area contributed by atoms with E-state index < -0.39 is 0 Å². The number of methoxy groups -OCH3 is 1. The summed E-state index contributed by atoms with van der Waals surface area (Å²) < 4.78 is 13.2. The number of aryl methyl sites for hydroxylation is 2. The number of nitrogens with zero attached hydrogens (tertiary/aromatic N) is 9. The molecule has 1 saturated heterocycles. The first-order chi connectivity index (χ1) is 20.4. The van der Waals surface area contributed by atoms with Crippen molar-refractivity contribution >= 4 is 45.4 Å². The van der Waals surface area contributed by atoms with E-state index in [2.05, 4.69) is 37.2 Å². The van der Waals surface area contributed by atoms with Gasteiger partial charge in [-0.3, -0.25) is 4.79 Å². The molecule has 1 atom stereocenters. The molecule has 1 N–H and O–H groups in total. The van der Waals surface area contributed by atoms with Gasteiger partial charge in [-0.05, 0) is 48.9 Å². The van der Waals surface area contributed by atoms with Crippen LogP contribution in [-0.4, -0.2) is 85.1 Å². The van der Waals surface area contributed by atoms with Gasteiger partial charge in [0, 0.05) is 45.5 Å². The lowest BCUT2D eigenvalue weighted by Gasteiger charge is -2.40. The summed E-state index contributed by atoms with van der Waals surface area (Å²) in [5, 5.41) is 11.6. The van der Waals surface area contributed by atoms with Crippen molar-refractivity contribution < 1.29 is 14.3 Å². The number of benzene rings is 2. The number of nitrogens with one attached hydrogen (secondary N) is 1. The first-order valence-electron chi connectivity index (χ1n) is 13.4. The van der Waals surface area contributed by atoms with Crippen molar-refractivity contribution in [2.45, 2.75) is 13.0 Å². The Hall–Kier alpha value is -5.17. The van der Waals surface area contributed by atoms with Crippen LogP contribution < -0.4 is 15.0 Å². The average molecular weight is 567 g/mol. The second-order valence-corrected chi connectivity index (χ2v) is 9.99. The van der Waals surface area contributed by atoms with Crippen molar-refractivity contribution in [1.82, 2.24) is 39.8 Å². The number of rotatable bonds is 8. The van der Waals surface area contributed by atoms with E-state index in [0.29, 0.717) is 54.8 Å². The summed E-state index contributed by atoms with van der Waals surface area (Å²) in [4.78, 5) is 34.4. The second-order valence-electron chi connectivity index (χ2n) is 9.99. The minimum Gasteiger partial charge on any atom is -0.457 e. The Labute approximate surface area is 241 Å². The highest BCUT2D eigenvalue weighted by atomic mass is 16.5. The van der Waals surface area contributed by atoms with Gasteiger partial charge in [0.2, 0.25) is 11.9 Å². The Morgan fingerprint density at radius 1 is 1.14 bits per heavy atom. The second kappa shape index (κ2) is 11.4. The summed E-state index contributed by atoms with van der Waals surface area (Å²) in [6.07, 6.45) is 4.50. The van der Waals surface area contributed by atoms with Crippen molar-refractivity contribution in [2.75, 3.05) is 43.6 Å². The molecule has 0 bridgehead atoms. The molecule has 1 amide bonds. The number of amides is 1. The van der Waals surface area contributed by atoms with E-state index in [4.69, 9.17) is 14.5 Å². The van der Waals surface area contributed by atoms with Crippen molar-refractivity contribution in [1.29, 1.82) is 0 Å². The zero-order valence-electron chi connectivity index (χ0n) is 23.6. The third-order valence-corrected chi connectivity index (χ3v) is 7.19. The molecule has 4 heterocycles. The number of aromatic nitrogens is 7. The molecule has 13 heteroatoms. The molecule has 5 aromatic rings. The van der Waals surface area contributed by atoms with Crippen molar-refractivity contribution in [3.05, 3.63) is 67.1 Å². The molecule has 0 aliphatic carbocycles. The number of hydrogen-bond acceptors (Lipinski definition) is 11. The SMILES string of the molecule is C=CC(=O)N1CCN(c2ncc3ncnc(Nc4ccc(Oc5ccc6c(c5)nnn6C)c(C)c4)c3n2)C[C@H]1COC. The van der Waals surface area contributed by atoms with Crippen LogP contribution >= 0.6 is 0 Å². The van der Waals surface area contributed by atoms with Crippen LogP contribution in [0.4, 0.5) is 17.5 Å². The van der Waals surface area contributed by atoms with E-state index in [0.717, 1.165) is 28.0 Å². The van der Waals surface area contributed by atoms with E-state index >= 15 is 0 Å². The molecule has 42 heavy (non-hydrogen) atoms. The number of fused-ring (bicyclic) bond motifs is 2. The summed E-state index contributed by atoms with van der Waals surface area (Å²) in [5.41, 5.74) is 4.66. The van der Waals surface area contributed by atoms with Crippen LogP contribution in [0.15, 0.2) is 61.6 Å². The zero-order valence-corrected chi connectivity index (χ0v) is 23.6. The van der Waals surface area contributed by atoms with Gasteiger partial charge in [0.05, 0.1) is 24.4 Å². The summed E-state index contributed by atoms with van der Waals surface area (Å²) in [6, 6.07) is 11.4. The minimum absolute atomic E-state index is 0.116. The molecular weight excluding hydrogens is 536 g/mol. The first-order valence-corrected chi connectivity index (χ1v) is 13.4. The van der Waals surface area contributed by atoms with Gasteiger partial charge in [-0.2, -0.15) is 0 Å². The molecule has 0 spiro atoms. The number of carbonyl (C=O) groups is 1. The number of anilines is 3. The number of carbonyl (C=O) groups excluding carboxylic acids is 1. The lowest BCUT2D eigenvalue weighted by atomic mass is 10.1. The summed E-state index contributed by atoms with van der Waals surface area (Å²) >= 11 is 0. The Morgan fingerprint density at radius 3 is 2.83 bits per heavy atom. The fourth-order valence-corrected chi connectivity index (χ4v) is 5.06. The van der Waals surface area contributed by atoms with Gasteiger partial charge >= 0.3 is 0 Å². The van der Waals surface area contributed by atoms with Crippen LogP contribution in [0.5, 0.6) is 11.5 Å². The van der Waals surface area contributed by atoms with E-state index in [9.17, 15) is 4.79 Å². The highest BCUT2D eigenvalue weighted by Gasteiger charge is 2.30. The van der Waals surface area contributed by atoms with Crippen molar-refractivity contribution in [3.63, 3.8) is 0 Å². The van der Waals surface area contributed by atoms with Crippen LogP contribution in [0, 0.1) is 6.92 Å². The van der Waals surface area contributed by atoms with E-state index in [1.165, 1.54) is 12.4 Å². The molecule has 1 aliphatic rings. The third-order valence-electron chi connectivity index (χ3n) is 7.19. The Morgan fingerprint density at radius 2 is 2.02 bits per heavy atom. The fourth-order valence-electron chi connectivity index (χ4n) is 5.06. The largest absolute Gasteiger partial charge is 0.457 e. The Balaban J connectivity index is 1.22. The van der Waals surface area contributed by atoms with Gasteiger partial charge in [-0.25, -0.2) is 24.6 Å². The van der Waals surface area contributed by atoms with Crippen LogP contribution in [-0.2, 0) is 16.6 Å². The quantitative estimate of drug-likeness (QED) is 0.277. The average Bonchev–Trinajstić information content (AvgIpc) is 3.38. The molecule has 0 saturated carbocycles. The van der Waals surface area contributed by atoms with Gasteiger partial charge in [0.25, 0.3) is 0 Å². The van der Waals surface area contributed by atoms with Gasteiger partial charge < -0.3 is 24.6 Å². The highest BCUT2D eigenvalue weighted by molar-refractivity contribution is 5.88. The lowest BCUT2D eigenvalue weighted by molar-refractivity contribution is -0.129. The normalized spacial score (nSPS) is 15.3. The highest BCUT2D eigenvalue weighted by Crippen LogP contribution is 2.31. The van der Waals surface area contributed by atoms with Crippen molar-refractivity contribution in [2.24, 2.45) is 7.05 Å². The monoisotopic (exact) mass is 566 g/mol. The molecule has 6 rings (SSSR count). The van der Waals surface area contributed by atoms with Crippen LogP contribution in [0.1, 0.15) is 5.56 Å². The first kappa shape index (κ1) is 27.0. The fraction of sp³-hybridized carbons (Fsp3) is 0.276. The molecule has 1 aliphatic heterocycles. The molecule has 0 radical (unpaired) electrons. The summed E-state index contributed by atoms with van der Waals surface area (Å²) in [7, 11) is 3.48. The maximum Gasteiger partial charge on any atom is 0.246 e. The smallest absolute Gasteiger partial charge is 0.246 e. The van der Waals surface area contributed by atoms with Gasteiger partial charge in [0.15, 0.2) is 5.82 Å². The molecule has 214 valence electrons. The maximum atomic E-state index is 12.3. The number of hydrogen-bond donors (Lipinski definition) is 1. The Bertz CT molecular complexity index is 1790. The number of ether oxygens (including phenoxy) is 2. The molecule has 0 unspecified atom stereocenters. The summed E-state index contributed by atoms with van der Waals surface area (Å²) in [5.74, 6) is 2.38. The topological polar surface area (TPSA) is 136 Å². The lowest BCUT2D eigenvalue weighted by Crippen LogP contribution is -2.57. The van der Waals surface area contributed by atoms with E-state index in [-0.39, 0.29) is 11.9 Å². The zero-order chi connectivity index (χ0) is 29.2. The number of piperazine rings is 1. The minimum atomic E-state index is -0.149. The van der Waals surface area contributed by atoms with Crippen molar-refractivity contribution in [3.8, 4) is 11.5 Å². The molecule has 13 nitrogen and oxygen atoms in total.